The molecule has 0 aliphatic rings. The standard InChI is InChI=1S/C15H10F4N2/c1-8-10(16)7-6-9(13(8)15(17,18)19)14-20-11-4-2-3-5-12(11)21-14/h2-7H,1H3,(H,20,21). The highest BCUT2D eigenvalue weighted by Gasteiger charge is 2.37. The molecule has 108 valence electrons. The van der Waals surface area contributed by atoms with E-state index in [1.165, 1.54) is 0 Å². The summed E-state index contributed by atoms with van der Waals surface area (Å²) in [6, 6.07) is 9.03. The van der Waals surface area contributed by atoms with Crippen molar-refractivity contribution >= 4 is 11.0 Å². The van der Waals surface area contributed by atoms with Crippen LogP contribution in [0.1, 0.15) is 11.1 Å². The molecule has 0 aliphatic heterocycles. The van der Waals surface area contributed by atoms with Crippen LogP contribution in [0.3, 0.4) is 0 Å². The summed E-state index contributed by atoms with van der Waals surface area (Å²) in [6.07, 6.45) is -4.65. The molecule has 0 atom stereocenters. The number of halogens is 4. The first-order valence-corrected chi connectivity index (χ1v) is 6.19. The number of nitrogens with one attached hydrogen (secondary N) is 1. The zero-order chi connectivity index (χ0) is 15.2. The summed E-state index contributed by atoms with van der Waals surface area (Å²) >= 11 is 0. The predicted octanol–water partition coefficient (Wildman–Crippen LogP) is 4.70. The molecule has 0 saturated carbocycles. The highest BCUT2D eigenvalue weighted by molar-refractivity contribution is 5.80. The molecular formula is C15H10F4N2. The molecule has 0 unspecified atom stereocenters. The normalized spacial score (nSPS) is 12.0. The number of para-hydroxylation sites is 2. The summed E-state index contributed by atoms with van der Waals surface area (Å²) in [5.41, 5.74) is -0.398. The number of aromatic amines is 1. The minimum atomic E-state index is -4.65. The molecule has 3 aromatic rings. The second kappa shape index (κ2) is 4.58. The molecule has 0 aliphatic carbocycles. The van der Waals surface area contributed by atoms with Gasteiger partial charge in [0.15, 0.2) is 0 Å². The molecule has 2 aromatic carbocycles. The van der Waals surface area contributed by atoms with E-state index in [0.29, 0.717) is 11.0 Å². The maximum atomic E-state index is 13.5. The predicted molar refractivity (Wildman–Crippen MR) is 71.2 cm³/mol. The number of aromatic nitrogens is 2. The van der Waals surface area contributed by atoms with Gasteiger partial charge in [-0.2, -0.15) is 13.2 Å². The van der Waals surface area contributed by atoms with Crippen LogP contribution < -0.4 is 0 Å². The molecule has 1 aromatic heterocycles. The quantitative estimate of drug-likeness (QED) is 0.648. The van der Waals surface area contributed by atoms with Gasteiger partial charge in [0.05, 0.1) is 16.6 Å². The monoisotopic (exact) mass is 294 g/mol. The van der Waals surface area contributed by atoms with Gasteiger partial charge < -0.3 is 4.98 Å². The lowest BCUT2D eigenvalue weighted by Crippen LogP contribution is -2.11. The van der Waals surface area contributed by atoms with Gasteiger partial charge in [0, 0.05) is 5.56 Å². The van der Waals surface area contributed by atoms with Crippen molar-refractivity contribution in [3.63, 3.8) is 0 Å². The minimum absolute atomic E-state index is 0.0756. The summed E-state index contributed by atoms with van der Waals surface area (Å²) in [5, 5.41) is 0. The van der Waals surface area contributed by atoms with Crippen molar-refractivity contribution in [3.05, 3.63) is 53.3 Å². The van der Waals surface area contributed by atoms with E-state index >= 15 is 0 Å². The highest BCUT2D eigenvalue weighted by atomic mass is 19.4. The first-order valence-electron chi connectivity index (χ1n) is 6.19. The topological polar surface area (TPSA) is 28.7 Å². The van der Waals surface area contributed by atoms with Gasteiger partial charge >= 0.3 is 6.18 Å². The zero-order valence-corrected chi connectivity index (χ0v) is 10.9. The van der Waals surface area contributed by atoms with E-state index < -0.39 is 23.1 Å². The Morgan fingerprint density at radius 2 is 1.76 bits per heavy atom. The third-order valence-electron chi connectivity index (χ3n) is 3.33. The molecule has 0 fully saturated rings. The van der Waals surface area contributed by atoms with Crippen LogP contribution in [0.4, 0.5) is 17.6 Å². The van der Waals surface area contributed by atoms with Gasteiger partial charge in [-0.25, -0.2) is 9.37 Å². The Hall–Kier alpha value is -2.37. The number of imidazole rings is 1. The maximum Gasteiger partial charge on any atom is 0.417 e. The lowest BCUT2D eigenvalue weighted by Gasteiger charge is -2.14. The number of hydrogen-bond acceptors (Lipinski definition) is 1. The smallest absolute Gasteiger partial charge is 0.338 e. The lowest BCUT2D eigenvalue weighted by molar-refractivity contribution is -0.137. The van der Waals surface area contributed by atoms with Gasteiger partial charge in [0.1, 0.15) is 11.6 Å². The Bertz CT molecular complexity index is 785. The molecular weight excluding hydrogens is 284 g/mol. The van der Waals surface area contributed by atoms with E-state index in [0.717, 1.165) is 19.1 Å². The fraction of sp³-hybridized carbons (Fsp3) is 0.133. The van der Waals surface area contributed by atoms with Crippen molar-refractivity contribution in [1.82, 2.24) is 9.97 Å². The molecule has 0 bridgehead atoms. The second-order valence-corrected chi connectivity index (χ2v) is 4.70. The van der Waals surface area contributed by atoms with E-state index in [-0.39, 0.29) is 11.4 Å². The van der Waals surface area contributed by atoms with Crippen LogP contribution in [0.5, 0.6) is 0 Å². The number of H-pyrrole nitrogens is 1. The van der Waals surface area contributed by atoms with Gasteiger partial charge in [0.25, 0.3) is 0 Å². The molecule has 6 heteroatoms. The SMILES string of the molecule is Cc1c(F)ccc(-c2nc3ccccc3[nH]2)c1C(F)(F)F. The Labute approximate surface area is 117 Å². The van der Waals surface area contributed by atoms with Crippen molar-refractivity contribution in [1.29, 1.82) is 0 Å². The van der Waals surface area contributed by atoms with Crippen molar-refractivity contribution in [3.8, 4) is 11.4 Å². The highest BCUT2D eigenvalue weighted by Crippen LogP contribution is 2.39. The van der Waals surface area contributed by atoms with Crippen LogP contribution in [0.2, 0.25) is 0 Å². The Morgan fingerprint density at radius 1 is 1.05 bits per heavy atom. The van der Waals surface area contributed by atoms with E-state index in [4.69, 9.17) is 0 Å². The minimum Gasteiger partial charge on any atom is -0.338 e. The Balaban J connectivity index is 2.29. The molecule has 1 heterocycles. The molecule has 0 radical (unpaired) electrons. The number of fused-ring (bicyclic) bond motifs is 1. The Kier molecular flexibility index (Phi) is 2.97. The second-order valence-electron chi connectivity index (χ2n) is 4.70. The van der Waals surface area contributed by atoms with Crippen LogP contribution in [0.15, 0.2) is 36.4 Å². The number of rotatable bonds is 1. The lowest BCUT2D eigenvalue weighted by atomic mass is 10.0. The maximum absolute atomic E-state index is 13.5. The van der Waals surface area contributed by atoms with E-state index in [1.807, 2.05) is 0 Å². The summed E-state index contributed by atoms with van der Waals surface area (Å²) in [5.74, 6) is -0.811. The van der Waals surface area contributed by atoms with E-state index in [2.05, 4.69) is 9.97 Å². The van der Waals surface area contributed by atoms with Gasteiger partial charge in [-0.05, 0) is 36.8 Å². The van der Waals surface area contributed by atoms with Gasteiger partial charge in [-0.3, -0.25) is 0 Å². The number of benzene rings is 2. The summed E-state index contributed by atoms with van der Waals surface area (Å²) in [7, 11) is 0. The van der Waals surface area contributed by atoms with Crippen molar-refractivity contribution in [2.75, 3.05) is 0 Å². The van der Waals surface area contributed by atoms with E-state index in [1.54, 1.807) is 24.3 Å². The van der Waals surface area contributed by atoms with Crippen LogP contribution in [-0.2, 0) is 6.18 Å². The molecule has 0 saturated heterocycles. The fourth-order valence-electron chi connectivity index (χ4n) is 2.33. The molecule has 1 N–H and O–H groups in total. The summed E-state index contributed by atoms with van der Waals surface area (Å²) in [4.78, 5) is 6.99. The van der Waals surface area contributed by atoms with Crippen molar-refractivity contribution < 1.29 is 17.6 Å². The average molecular weight is 294 g/mol. The largest absolute Gasteiger partial charge is 0.417 e. The third-order valence-corrected chi connectivity index (χ3v) is 3.33. The molecule has 0 spiro atoms. The Morgan fingerprint density at radius 3 is 2.43 bits per heavy atom. The first-order chi connectivity index (χ1) is 9.88. The molecule has 21 heavy (non-hydrogen) atoms. The van der Waals surface area contributed by atoms with Crippen molar-refractivity contribution in [2.24, 2.45) is 0 Å². The van der Waals surface area contributed by atoms with Gasteiger partial charge in [0.2, 0.25) is 0 Å². The molecule has 0 amide bonds. The summed E-state index contributed by atoms with van der Waals surface area (Å²) in [6.45, 7) is 1.12. The van der Waals surface area contributed by atoms with Gasteiger partial charge in [-0.1, -0.05) is 12.1 Å². The van der Waals surface area contributed by atoms with Crippen molar-refractivity contribution in [2.45, 2.75) is 13.1 Å². The fourth-order valence-corrected chi connectivity index (χ4v) is 2.33. The van der Waals surface area contributed by atoms with Crippen LogP contribution >= 0.6 is 0 Å². The molecule has 2 nitrogen and oxygen atoms in total. The van der Waals surface area contributed by atoms with E-state index in [9.17, 15) is 17.6 Å². The summed E-state index contributed by atoms with van der Waals surface area (Å²) < 4.78 is 53.1. The zero-order valence-electron chi connectivity index (χ0n) is 10.9. The number of nitrogens with zero attached hydrogens (tertiary/aromatic N) is 1. The molecule has 3 rings (SSSR count). The van der Waals surface area contributed by atoms with Crippen LogP contribution in [0, 0.1) is 12.7 Å². The van der Waals surface area contributed by atoms with Crippen LogP contribution in [-0.4, -0.2) is 9.97 Å². The number of hydrogen-bond donors (Lipinski definition) is 1. The number of alkyl halides is 3. The first kappa shape index (κ1) is 13.6. The van der Waals surface area contributed by atoms with Crippen LogP contribution in [0.25, 0.3) is 22.4 Å². The third kappa shape index (κ3) is 2.26. The van der Waals surface area contributed by atoms with Gasteiger partial charge in [-0.15, -0.1) is 0 Å². The average Bonchev–Trinajstić information content (AvgIpc) is 2.83.